The number of allylic oxidation sites excluding steroid dienone is 1. The fourth-order valence-electron chi connectivity index (χ4n) is 1.50. The number of hydrogen-bond donors (Lipinski definition) is 0. The molecule has 0 heterocycles. The van der Waals surface area contributed by atoms with Gasteiger partial charge in [-0.25, -0.2) is 0 Å². The smallest absolute Gasteiger partial charge is 0.119 e. The van der Waals surface area contributed by atoms with Crippen LogP contribution in [0.1, 0.15) is 38.2 Å². The van der Waals surface area contributed by atoms with Gasteiger partial charge in [0.05, 0.1) is 6.61 Å². The molecule has 15 heavy (non-hydrogen) atoms. The Morgan fingerprint density at radius 1 is 1.33 bits per heavy atom. The van der Waals surface area contributed by atoms with Gasteiger partial charge in [-0.1, -0.05) is 32.1 Å². The van der Waals surface area contributed by atoms with Crippen LogP contribution < -0.4 is 4.74 Å². The van der Waals surface area contributed by atoms with E-state index < -0.39 is 0 Å². The molecule has 0 spiro atoms. The monoisotopic (exact) mass is 204 g/mol. The van der Waals surface area contributed by atoms with Gasteiger partial charge >= 0.3 is 0 Å². The molecule has 1 aromatic rings. The van der Waals surface area contributed by atoms with Crippen LogP contribution in [0, 0.1) is 0 Å². The molecule has 1 atom stereocenters. The second-order valence-corrected chi connectivity index (χ2v) is 3.84. The molecule has 0 saturated carbocycles. The molecule has 0 fully saturated rings. The largest absolute Gasteiger partial charge is 0.494 e. The molecule has 0 radical (unpaired) electrons. The van der Waals surface area contributed by atoms with Gasteiger partial charge in [-0.05, 0) is 36.5 Å². The molecule has 1 heteroatoms. The van der Waals surface area contributed by atoms with E-state index in [1.807, 2.05) is 18.2 Å². The zero-order valence-corrected chi connectivity index (χ0v) is 9.70. The highest BCUT2D eigenvalue weighted by Crippen LogP contribution is 2.22. The second kappa shape index (κ2) is 6.28. The van der Waals surface area contributed by atoms with Crippen LogP contribution in [0.15, 0.2) is 36.9 Å². The van der Waals surface area contributed by atoms with Crippen molar-refractivity contribution in [2.24, 2.45) is 0 Å². The van der Waals surface area contributed by atoms with Crippen molar-refractivity contribution in [1.29, 1.82) is 0 Å². The van der Waals surface area contributed by atoms with E-state index >= 15 is 0 Å². The highest BCUT2D eigenvalue weighted by Gasteiger charge is 2.03. The minimum Gasteiger partial charge on any atom is -0.494 e. The Hall–Kier alpha value is -1.24. The lowest BCUT2D eigenvalue weighted by atomic mass is 9.98. The molecule has 1 aromatic carbocycles. The number of benzene rings is 1. The number of rotatable bonds is 6. The van der Waals surface area contributed by atoms with Gasteiger partial charge in [0, 0.05) is 0 Å². The van der Waals surface area contributed by atoms with Crippen molar-refractivity contribution in [3.63, 3.8) is 0 Å². The van der Waals surface area contributed by atoms with E-state index in [2.05, 4.69) is 32.6 Å². The first-order chi connectivity index (χ1) is 7.27. The second-order valence-electron chi connectivity index (χ2n) is 3.84. The number of ether oxygens (including phenoxy) is 1. The predicted octanol–water partition coefficient (Wildman–Crippen LogP) is 4.16. The molecule has 0 amide bonds. The summed E-state index contributed by atoms with van der Waals surface area (Å²) < 4.78 is 5.53. The van der Waals surface area contributed by atoms with Crippen molar-refractivity contribution in [2.45, 2.75) is 32.6 Å². The van der Waals surface area contributed by atoms with E-state index in [1.54, 1.807) is 0 Å². The lowest BCUT2D eigenvalue weighted by Gasteiger charge is -2.10. The molecular formula is C14H20O. The van der Waals surface area contributed by atoms with Crippen LogP contribution in [0.3, 0.4) is 0 Å². The summed E-state index contributed by atoms with van der Waals surface area (Å²) in [6, 6.07) is 8.37. The van der Waals surface area contributed by atoms with Crippen LogP contribution in [0.2, 0.25) is 0 Å². The van der Waals surface area contributed by atoms with E-state index in [0.29, 0.717) is 5.92 Å². The Bertz CT molecular complexity index is 287. The van der Waals surface area contributed by atoms with Gasteiger partial charge < -0.3 is 4.74 Å². The van der Waals surface area contributed by atoms with Crippen LogP contribution in [-0.2, 0) is 0 Å². The summed E-state index contributed by atoms with van der Waals surface area (Å²) in [7, 11) is 0. The third-order valence-electron chi connectivity index (χ3n) is 2.44. The fourth-order valence-corrected chi connectivity index (χ4v) is 1.50. The molecular weight excluding hydrogens is 184 g/mol. The van der Waals surface area contributed by atoms with Crippen LogP contribution in [0.25, 0.3) is 0 Å². The third kappa shape index (κ3) is 3.78. The highest BCUT2D eigenvalue weighted by atomic mass is 16.5. The van der Waals surface area contributed by atoms with Crippen LogP contribution >= 0.6 is 0 Å². The minimum absolute atomic E-state index is 0.544. The summed E-state index contributed by atoms with van der Waals surface area (Å²) in [6.07, 6.45) is 4.04. The topological polar surface area (TPSA) is 9.23 Å². The zero-order chi connectivity index (χ0) is 11.1. The molecule has 0 saturated heterocycles. The van der Waals surface area contributed by atoms with Crippen molar-refractivity contribution < 1.29 is 4.74 Å². The van der Waals surface area contributed by atoms with Crippen molar-refractivity contribution >= 4 is 0 Å². The van der Waals surface area contributed by atoms with Crippen LogP contribution in [-0.4, -0.2) is 6.61 Å². The molecule has 0 aliphatic rings. The quantitative estimate of drug-likeness (QED) is 0.632. The maximum absolute atomic E-state index is 5.53. The van der Waals surface area contributed by atoms with Crippen molar-refractivity contribution in [1.82, 2.24) is 0 Å². The third-order valence-corrected chi connectivity index (χ3v) is 2.44. The van der Waals surface area contributed by atoms with Gasteiger partial charge in [-0.3, -0.25) is 0 Å². The molecule has 0 N–H and O–H groups in total. The summed E-state index contributed by atoms with van der Waals surface area (Å²) in [6.45, 7) is 8.88. The van der Waals surface area contributed by atoms with Crippen molar-refractivity contribution in [2.75, 3.05) is 6.61 Å². The van der Waals surface area contributed by atoms with Crippen molar-refractivity contribution in [3.8, 4) is 5.75 Å². The van der Waals surface area contributed by atoms with Gasteiger partial charge in [0.25, 0.3) is 0 Å². The first kappa shape index (κ1) is 11.8. The van der Waals surface area contributed by atoms with E-state index in [0.717, 1.165) is 25.2 Å². The van der Waals surface area contributed by atoms with E-state index in [9.17, 15) is 0 Å². The SMILES string of the molecule is C=CCC(C)c1ccc(OCCC)cc1. The average molecular weight is 204 g/mol. The fraction of sp³-hybridized carbons (Fsp3) is 0.429. The van der Waals surface area contributed by atoms with Gasteiger partial charge in [-0.15, -0.1) is 6.58 Å². The Morgan fingerprint density at radius 3 is 2.53 bits per heavy atom. The van der Waals surface area contributed by atoms with Gasteiger partial charge in [0.1, 0.15) is 5.75 Å². The van der Waals surface area contributed by atoms with Gasteiger partial charge in [-0.2, -0.15) is 0 Å². The highest BCUT2D eigenvalue weighted by molar-refractivity contribution is 5.29. The van der Waals surface area contributed by atoms with E-state index in [-0.39, 0.29) is 0 Å². The van der Waals surface area contributed by atoms with Crippen LogP contribution in [0.4, 0.5) is 0 Å². The summed E-state index contributed by atoms with van der Waals surface area (Å²) in [5.74, 6) is 1.51. The summed E-state index contributed by atoms with van der Waals surface area (Å²) in [4.78, 5) is 0. The Labute approximate surface area is 92.8 Å². The molecule has 0 aliphatic heterocycles. The minimum atomic E-state index is 0.544. The normalized spacial score (nSPS) is 12.1. The maximum atomic E-state index is 5.53. The first-order valence-electron chi connectivity index (χ1n) is 5.61. The standard InChI is InChI=1S/C14H20O/c1-4-6-12(3)13-7-9-14(10-8-13)15-11-5-2/h4,7-10,12H,1,5-6,11H2,2-3H3. The zero-order valence-electron chi connectivity index (χ0n) is 9.70. The Kier molecular flexibility index (Phi) is 4.96. The van der Waals surface area contributed by atoms with Gasteiger partial charge in [0.15, 0.2) is 0 Å². The summed E-state index contributed by atoms with van der Waals surface area (Å²) in [5, 5.41) is 0. The maximum Gasteiger partial charge on any atom is 0.119 e. The Balaban J connectivity index is 2.59. The Morgan fingerprint density at radius 2 is 2.00 bits per heavy atom. The van der Waals surface area contributed by atoms with Gasteiger partial charge in [0.2, 0.25) is 0 Å². The molecule has 0 aliphatic carbocycles. The average Bonchev–Trinajstić information content (AvgIpc) is 2.27. The van der Waals surface area contributed by atoms with E-state index in [4.69, 9.17) is 4.74 Å². The van der Waals surface area contributed by atoms with Crippen LogP contribution in [0.5, 0.6) is 5.75 Å². The van der Waals surface area contributed by atoms with E-state index in [1.165, 1.54) is 5.56 Å². The number of hydrogen-bond acceptors (Lipinski definition) is 1. The van der Waals surface area contributed by atoms with Crippen molar-refractivity contribution in [3.05, 3.63) is 42.5 Å². The summed E-state index contributed by atoms with van der Waals surface area (Å²) >= 11 is 0. The molecule has 1 nitrogen and oxygen atoms in total. The lowest BCUT2D eigenvalue weighted by Crippen LogP contribution is -1.96. The predicted molar refractivity (Wildman–Crippen MR) is 65.5 cm³/mol. The molecule has 0 bridgehead atoms. The molecule has 0 aromatic heterocycles. The molecule has 82 valence electrons. The first-order valence-corrected chi connectivity index (χ1v) is 5.61. The molecule has 1 rings (SSSR count). The molecule has 1 unspecified atom stereocenters. The summed E-state index contributed by atoms with van der Waals surface area (Å²) in [5.41, 5.74) is 1.35. The lowest BCUT2D eigenvalue weighted by molar-refractivity contribution is 0.317.